The Hall–Kier alpha value is -1.85. The van der Waals surface area contributed by atoms with E-state index in [1.807, 2.05) is 0 Å². The molecule has 0 aliphatic heterocycles. The lowest BCUT2D eigenvalue weighted by Gasteiger charge is -2.18. The Morgan fingerprint density at radius 3 is 0.735 bits per heavy atom. The fourth-order valence-electron chi connectivity index (χ4n) is 9.38. The first kappa shape index (κ1) is 66.2. The van der Waals surface area contributed by atoms with Gasteiger partial charge in [0.2, 0.25) is 0 Å². The Labute approximate surface area is 424 Å². The highest BCUT2D eigenvalue weighted by atomic mass is 16.6. The summed E-state index contributed by atoms with van der Waals surface area (Å²) < 4.78 is 16.8. The van der Waals surface area contributed by atoms with Crippen LogP contribution in [0.5, 0.6) is 0 Å². The van der Waals surface area contributed by atoms with Crippen molar-refractivity contribution >= 4 is 17.9 Å². The topological polar surface area (TPSA) is 78.9 Å². The normalized spacial score (nSPS) is 12.0. The molecule has 0 aromatic rings. The summed E-state index contributed by atoms with van der Waals surface area (Å²) in [5, 5.41) is 0. The van der Waals surface area contributed by atoms with Crippen LogP contribution in [-0.4, -0.2) is 37.2 Å². The van der Waals surface area contributed by atoms with Crippen LogP contribution in [0.3, 0.4) is 0 Å². The molecule has 0 aliphatic carbocycles. The van der Waals surface area contributed by atoms with Gasteiger partial charge in [-0.15, -0.1) is 0 Å². The fourth-order valence-corrected chi connectivity index (χ4v) is 9.38. The molecule has 0 fully saturated rings. The first-order valence-corrected chi connectivity index (χ1v) is 30.7. The van der Waals surface area contributed by atoms with E-state index in [9.17, 15) is 14.4 Å². The van der Waals surface area contributed by atoms with Crippen molar-refractivity contribution < 1.29 is 28.6 Å². The molecule has 0 aliphatic rings. The van der Waals surface area contributed by atoms with Gasteiger partial charge in [-0.25, -0.2) is 0 Å². The summed E-state index contributed by atoms with van der Waals surface area (Å²) in [7, 11) is 0. The molecule has 0 bridgehead atoms. The van der Waals surface area contributed by atoms with Crippen LogP contribution in [0.25, 0.3) is 0 Å². The number of unbranched alkanes of at least 4 members (excludes halogenated alkanes) is 44. The number of allylic oxidation sites excluding steroid dienone is 2. The second-order valence-corrected chi connectivity index (χ2v) is 21.0. The quantitative estimate of drug-likeness (QED) is 0.0262. The smallest absolute Gasteiger partial charge is 0.306 e. The molecule has 0 aromatic carbocycles. The first-order valence-electron chi connectivity index (χ1n) is 30.7. The molecule has 1 atom stereocenters. The van der Waals surface area contributed by atoms with E-state index in [1.54, 1.807) is 0 Å². The van der Waals surface area contributed by atoms with Crippen LogP contribution in [0.15, 0.2) is 12.2 Å². The van der Waals surface area contributed by atoms with E-state index in [1.165, 1.54) is 250 Å². The van der Waals surface area contributed by atoms with Gasteiger partial charge in [0.25, 0.3) is 0 Å². The van der Waals surface area contributed by atoms with E-state index in [4.69, 9.17) is 14.2 Å². The van der Waals surface area contributed by atoms with Crippen molar-refractivity contribution in [2.75, 3.05) is 13.2 Å². The van der Waals surface area contributed by atoms with Gasteiger partial charge in [0.05, 0.1) is 0 Å². The van der Waals surface area contributed by atoms with Gasteiger partial charge in [0.1, 0.15) is 13.2 Å². The van der Waals surface area contributed by atoms with Crippen LogP contribution in [0, 0.1) is 0 Å². The molecule has 0 saturated heterocycles. The average Bonchev–Trinajstić information content (AvgIpc) is 3.34. The highest BCUT2D eigenvalue weighted by molar-refractivity contribution is 5.71. The van der Waals surface area contributed by atoms with Gasteiger partial charge < -0.3 is 14.2 Å². The molecule has 402 valence electrons. The maximum absolute atomic E-state index is 12.8. The van der Waals surface area contributed by atoms with E-state index in [0.29, 0.717) is 19.3 Å². The third kappa shape index (κ3) is 55.1. The minimum absolute atomic E-state index is 0.0635. The molecule has 0 amide bonds. The zero-order chi connectivity index (χ0) is 49.3. The number of carbonyl (C=O) groups excluding carboxylic acids is 3. The summed E-state index contributed by atoms with van der Waals surface area (Å²) in [5.74, 6) is -0.845. The van der Waals surface area contributed by atoms with E-state index in [2.05, 4.69) is 32.9 Å². The van der Waals surface area contributed by atoms with Crippen LogP contribution in [0.2, 0.25) is 0 Å². The molecule has 0 spiro atoms. The maximum atomic E-state index is 12.8. The lowest BCUT2D eigenvalue weighted by atomic mass is 10.0. The van der Waals surface area contributed by atoms with Crippen LogP contribution in [-0.2, 0) is 28.6 Å². The van der Waals surface area contributed by atoms with E-state index in [-0.39, 0.29) is 31.1 Å². The monoisotopic (exact) mass is 959 g/mol. The first-order chi connectivity index (χ1) is 33.5. The van der Waals surface area contributed by atoms with Crippen molar-refractivity contribution in [1.82, 2.24) is 0 Å². The van der Waals surface area contributed by atoms with Crippen molar-refractivity contribution in [3.63, 3.8) is 0 Å². The number of hydrogen-bond acceptors (Lipinski definition) is 6. The lowest BCUT2D eigenvalue weighted by molar-refractivity contribution is -0.167. The van der Waals surface area contributed by atoms with Crippen LogP contribution >= 0.6 is 0 Å². The SMILES string of the molecule is CCCCCCCCCC/C=C\CCCCCCCCCCCCCCCCCCCC(=O)OCC(COC(=O)CCCCCCCCCC)OC(=O)CCCCCCCCCCCCCCC. The molecular weight excluding hydrogens is 841 g/mol. The fraction of sp³-hybridized carbons (Fsp3) is 0.919. The highest BCUT2D eigenvalue weighted by Gasteiger charge is 2.19. The summed E-state index contributed by atoms with van der Waals surface area (Å²) in [6.07, 6.45) is 66.7. The molecule has 0 rings (SSSR count). The summed E-state index contributed by atoms with van der Waals surface area (Å²) in [4.78, 5) is 38.0. The van der Waals surface area contributed by atoms with Crippen LogP contribution in [0.4, 0.5) is 0 Å². The van der Waals surface area contributed by atoms with Gasteiger partial charge in [0, 0.05) is 19.3 Å². The minimum Gasteiger partial charge on any atom is -0.462 e. The Morgan fingerprint density at radius 1 is 0.279 bits per heavy atom. The van der Waals surface area contributed by atoms with Crippen molar-refractivity contribution in [2.24, 2.45) is 0 Å². The predicted octanol–water partition coefficient (Wildman–Crippen LogP) is 20.5. The molecule has 0 radical (unpaired) electrons. The van der Waals surface area contributed by atoms with Crippen molar-refractivity contribution in [2.45, 2.75) is 354 Å². The molecule has 0 heterocycles. The van der Waals surface area contributed by atoms with Crippen molar-refractivity contribution in [1.29, 1.82) is 0 Å². The number of rotatable bonds is 57. The molecule has 0 aromatic heterocycles. The zero-order valence-electron chi connectivity index (χ0n) is 46.2. The molecule has 1 unspecified atom stereocenters. The maximum Gasteiger partial charge on any atom is 0.306 e. The van der Waals surface area contributed by atoms with E-state index >= 15 is 0 Å². The molecule has 0 N–H and O–H groups in total. The second kappa shape index (κ2) is 57.7. The van der Waals surface area contributed by atoms with Gasteiger partial charge in [-0.3, -0.25) is 14.4 Å². The third-order valence-electron chi connectivity index (χ3n) is 14.0. The Bertz CT molecular complexity index is 1060. The summed E-state index contributed by atoms with van der Waals surface area (Å²) in [6.45, 7) is 6.66. The second-order valence-electron chi connectivity index (χ2n) is 21.0. The third-order valence-corrected chi connectivity index (χ3v) is 14.0. The van der Waals surface area contributed by atoms with Gasteiger partial charge in [-0.2, -0.15) is 0 Å². The molecular formula is C62H118O6. The van der Waals surface area contributed by atoms with E-state index in [0.717, 1.165) is 57.8 Å². The van der Waals surface area contributed by atoms with E-state index < -0.39 is 6.10 Å². The standard InChI is InChI=1S/C62H118O6/c1-4-7-10-13-16-19-21-23-24-25-26-27-28-29-30-31-32-33-34-35-36-37-38-40-41-43-46-49-52-55-61(64)67-58-59(57-66-60(63)54-51-48-45-18-15-12-9-6-3)68-62(65)56-53-50-47-44-42-39-22-20-17-14-11-8-5-2/h25-26,59H,4-24,27-58H2,1-3H3/b26-25-. The number of carbonyl (C=O) groups is 3. The summed E-state index contributed by atoms with van der Waals surface area (Å²) >= 11 is 0. The van der Waals surface area contributed by atoms with Gasteiger partial charge in [0.15, 0.2) is 6.10 Å². The Morgan fingerprint density at radius 2 is 0.485 bits per heavy atom. The average molecular weight is 960 g/mol. The number of hydrogen-bond donors (Lipinski definition) is 0. The van der Waals surface area contributed by atoms with Gasteiger partial charge >= 0.3 is 17.9 Å². The largest absolute Gasteiger partial charge is 0.462 e. The number of ether oxygens (including phenoxy) is 3. The minimum atomic E-state index is -0.761. The number of esters is 3. The van der Waals surface area contributed by atoms with Gasteiger partial charge in [-0.1, -0.05) is 296 Å². The molecule has 6 nitrogen and oxygen atoms in total. The predicted molar refractivity (Wildman–Crippen MR) is 293 cm³/mol. The van der Waals surface area contributed by atoms with Crippen molar-refractivity contribution in [3.05, 3.63) is 12.2 Å². The molecule has 68 heavy (non-hydrogen) atoms. The Kier molecular flexibility index (Phi) is 56.2. The Balaban J connectivity index is 4.00. The summed E-state index contributed by atoms with van der Waals surface area (Å²) in [5.41, 5.74) is 0. The molecule has 6 heteroatoms. The lowest BCUT2D eigenvalue weighted by Crippen LogP contribution is -2.30. The van der Waals surface area contributed by atoms with Gasteiger partial charge in [-0.05, 0) is 44.9 Å². The van der Waals surface area contributed by atoms with Crippen molar-refractivity contribution in [3.8, 4) is 0 Å². The zero-order valence-corrected chi connectivity index (χ0v) is 46.2. The van der Waals surface area contributed by atoms with Crippen LogP contribution < -0.4 is 0 Å². The molecule has 0 saturated carbocycles. The van der Waals surface area contributed by atoms with Crippen LogP contribution in [0.1, 0.15) is 348 Å². The highest BCUT2D eigenvalue weighted by Crippen LogP contribution is 2.18. The summed E-state index contributed by atoms with van der Waals surface area (Å²) in [6, 6.07) is 0.